The zero-order chi connectivity index (χ0) is 21.1. The largest absolute Gasteiger partial charge is 0.488 e. The number of hydrogen-bond donors (Lipinski definition) is 1. The van der Waals surface area contributed by atoms with Gasteiger partial charge in [0.1, 0.15) is 29.8 Å². The normalized spacial score (nSPS) is 12.6. The van der Waals surface area contributed by atoms with Crippen molar-refractivity contribution in [3.8, 4) is 22.9 Å². The van der Waals surface area contributed by atoms with Gasteiger partial charge in [0.15, 0.2) is 0 Å². The first-order valence-corrected chi connectivity index (χ1v) is 9.75. The van der Waals surface area contributed by atoms with E-state index in [2.05, 4.69) is 11.1 Å². The lowest BCUT2D eigenvalue weighted by atomic mass is 9.86. The Morgan fingerprint density at radius 1 is 1.13 bits per heavy atom. The number of benzene rings is 2. The molecule has 1 heterocycles. The molecule has 0 radical (unpaired) electrons. The molecule has 0 fully saturated rings. The van der Waals surface area contributed by atoms with Crippen molar-refractivity contribution in [2.75, 3.05) is 5.73 Å². The second kappa shape index (κ2) is 8.21. The van der Waals surface area contributed by atoms with Crippen LogP contribution in [0.1, 0.15) is 35.2 Å². The Hall–Kier alpha value is -3.92. The maximum absolute atomic E-state index is 10.8. The number of rotatable bonds is 5. The number of aryl methyl sites for hydroxylation is 1. The van der Waals surface area contributed by atoms with Crippen molar-refractivity contribution in [1.82, 2.24) is 4.98 Å². The molecule has 7 nitrogen and oxygen atoms in total. The van der Waals surface area contributed by atoms with Gasteiger partial charge in [-0.2, -0.15) is 5.26 Å². The molecule has 150 valence electrons. The lowest BCUT2D eigenvalue weighted by molar-refractivity contribution is -0.384. The quantitative estimate of drug-likeness (QED) is 0.495. The van der Waals surface area contributed by atoms with E-state index in [1.165, 1.54) is 12.1 Å². The number of fused-ring (bicyclic) bond motifs is 1. The molecule has 1 aromatic heterocycles. The summed E-state index contributed by atoms with van der Waals surface area (Å²) < 4.78 is 6.07. The molecule has 0 saturated carbocycles. The summed E-state index contributed by atoms with van der Waals surface area (Å²) in [7, 11) is 0. The molecule has 0 unspecified atom stereocenters. The van der Waals surface area contributed by atoms with Crippen LogP contribution in [0.15, 0.2) is 48.5 Å². The summed E-state index contributed by atoms with van der Waals surface area (Å²) >= 11 is 0. The van der Waals surface area contributed by atoms with Gasteiger partial charge in [-0.25, -0.2) is 4.98 Å². The lowest BCUT2D eigenvalue weighted by Crippen LogP contribution is -2.12. The number of pyridine rings is 1. The summed E-state index contributed by atoms with van der Waals surface area (Å²) in [6.07, 6.45) is 3.80. The Balaban J connectivity index is 1.71. The van der Waals surface area contributed by atoms with Crippen LogP contribution < -0.4 is 10.5 Å². The summed E-state index contributed by atoms with van der Waals surface area (Å²) in [5.74, 6) is 0.879. The fraction of sp³-hybridized carbons (Fsp3) is 0.217. The van der Waals surface area contributed by atoms with Crippen LogP contribution in [0.4, 0.5) is 11.5 Å². The minimum atomic E-state index is -0.430. The number of anilines is 1. The van der Waals surface area contributed by atoms with Gasteiger partial charge in [-0.05, 0) is 55.0 Å². The molecule has 30 heavy (non-hydrogen) atoms. The van der Waals surface area contributed by atoms with Gasteiger partial charge in [0.2, 0.25) is 0 Å². The monoisotopic (exact) mass is 400 g/mol. The Kier molecular flexibility index (Phi) is 5.31. The van der Waals surface area contributed by atoms with Crippen LogP contribution >= 0.6 is 0 Å². The van der Waals surface area contributed by atoms with Gasteiger partial charge in [0.05, 0.1) is 4.92 Å². The SMILES string of the molecule is N#Cc1c(N)nc2c(c1-c1ccccc1OCc1ccc([N+](=O)[O-])cc1)CCCC2. The van der Waals surface area contributed by atoms with Crippen LogP contribution in [0, 0.1) is 21.4 Å². The van der Waals surface area contributed by atoms with Crippen molar-refractivity contribution in [3.63, 3.8) is 0 Å². The number of nitriles is 1. The van der Waals surface area contributed by atoms with Gasteiger partial charge < -0.3 is 10.5 Å². The van der Waals surface area contributed by atoms with Crippen LogP contribution in [0.3, 0.4) is 0 Å². The van der Waals surface area contributed by atoms with Gasteiger partial charge in [0.25, 0.3) is 5.69 Å². The van der Waals surface area contributed by atoms with E-state index in [-0.39, 0.29) is 18.1 Å². The average Bonchev–Trinajstić information content (AvgIpc) is 2.77. The number of hydrogen-bond acceptors (Lipinski definition) is 6. The van der Waals surface area contributed by atoms with Crippen molar-refractivity contribution < 1.29 is 9.66 Å². The predicted molar refractivity (Wildman–Crippen MR) is 113 cm³/mol. The third-order valence-corrected chi connectivity index (χ3v) is 5.31. The molecule has 7 heteroatoms. The van der Waals surface area contributed by atoms with Gasteiger partial charge in [-0.3, -0.25) is 10.1 Å². The topological polar surface area (TPSA) is 115 Å². The molecule has 1 aliphatic rings. The molecule has 0 amide bonds. The molecule has 3 aromatic rings. The highest BCUT2D eigenvalue weighted by molar-refractivity contribution is 5.82. The van der Waals surface area contributed by atoms with Gasteiger partial charge >= 0.3 is 0 Å². The highest BCUT2D eigenvalue weighted by atomic mass is 16.6. The Labute approximate surface area is 173 Å². The van der Waals surface area contributed by atoms with Gasteiger partial charge in [-0.15, -0.1) is 0 Å². The minimum absolute atomic E-state index is 0.0386. The number of nitrogens with zero attached hydrogens (tertiary/aromatic N) is 3. The molecule has 0 atom stereocenters. The number of para-hydroxylation sites is 1. The lowest BCUT2D eigenvalue weighted by Gasteiger charge is -2.22. The van der Waals surface area contributed by atoms with Crippen LogP contribution in [0.2, 0.25) is 0 Å². The Bertz CT molecular complexity index is 1150. The van der Waals surface area contributed by atoms with Crippen LogP contribution in [-0.4, -0.2) is 9.91 Å². The standard InChI is InChI=1S/C23H20N4O3/c24-13-19-22(17-5-1-3-7-20(17)26-23(19)25)18-6-2-4-8-21(18)30-14-15-9-11-16(12-10-15)27(28)29/h2,4,6,8-12H,1,3,5,7,14H2,(H2,25,26). The molecule has 2 N–H and O–H groups in total. The van der Waals surface area contributed by atoms with E-state index in [1.54, 1.807) is 12.1 Å². The molecule has 0 aliphatic heterocycles. The van der Waals surface area contributed by atoms with E-state index in [1.807, 2.05) is 24.3 Å². The Morgan fingerprint density at radius 2 is 1.87 bits per heavy atom. The number of aromatic nitrogens is 1. The summed E-state index contributed by atoms with van der Waals surface area (Å²) in [5.41, 5.74) is 11.0. The first-order valence-electron chi connectivity index (χ1n) is 9.75. The third-order valence-electron chi connectivity index (χ3n) is 5.31. The second-order valence-electron chi connectivity index (χ2n) is 7.20. The summed E-state index contributed by atoms with van der Waals surface area (Å²) in [6, 6.07) is 16.0. The summed E-state index contributed by atoms with van der Waals surface area (Å²) in [4.78, 5) is 14.9. The molecule has 0 bridgehead atoms. The molecule has 0 spiro atoms. The first kappa shape index (κ1) is 19.4. The summed E-state index contributed by atoms with van der Waals surface area (Å²) in [6.45, 7) is 0.250. The van der Waals surface area contributed by atoms with Crippen molar-refractivity contribution in [3.05, 3.63) is 81.0 Å². The fourth-order valence-electron chi connectivity index (χ4n) is 3.85. The second-order valence-corrected chi connectivity index (χ2v) is 7.20. The highest BCUT2D eigenvalue weighted by Crippen LogP contribution is 2.40. The number of non-ortho nitro benzene ring substituents is 1. The van der Waals surface area contributed by atoms with E-state index >= 15 is 0 Å². The van der Waals surface area contributed by atoms with Crippen molar-refractivity contribution in [2.45, 2.75) is 32.3 Å². The van der Waals surface area contributed by atoms with Crippen molar-refractivity contribution >= 4 is 11.5 Å². The van der Waals surface area contributed by atoms with E-state index in [9.17, 15) is 15.4 Å². The molecule has 4 rings (SSSR count). The predicted octanol–water partition coefficient (Wildman–Crippen LogP) is 4.57. The van der Waals surface area contributed by atoms with Crippen LogP contribution in [0.25, 0.3) is 11.1 Å². The number of nitrogens with two attached hydrogens (primary N) is 1. The van der Waals surface area contributed by atoms with E-state index in [4.69, 9.17) is 10.5 Å². The van der Waals surface area contributed by atoms with E-state index in [0.29, 0.717) is 11.3 Å². The van der Waals surface area contributed by atoms with Crippen molar-refractivity contribution in [2.24, 2.45) is 0 Å². The van der Waals surface area contributed by atoms with E-state index in [0.717, 1.165) is 53.6 Å². The number of nitro benzene ring substituents is 1. The third kappa shape index (κ3) is 3.67. The number of ether oxygens (including phenoxy) is 1. The zero-order valence-corrected chi connectivity index (χ0v) is 16.3. The van der Waals surface area contributed by atoms with Gasteiger partial charge in [-0.1, -0.05) is 18.2 Å². The smallest absolute Gasteiger partial charge is 0.269 e. The van der Waals surface area contributed by atoms with E-state index < -0.39 is 4.92 Å². The number of nitro groups is 1. The highest BCUT2D eigenvalue weighted by Gasteiger charge is 2.23. The average molecular weight is 400 g/mol. The Morgan fingerprint density at radius 3 is 2.60 bits per heavy atom. The summed E-state index contributed by atoms with van der Waals surface area (Å²) in [5, 5.41) is 20.6. The van der Waals surface area contributed by atoms with Crippen LogP contribution in [-0.2, 0) is 19.4 Å². The number of nitrogen functional groups attached to an aromatic ring is 1. The molecular formula is C23H20N4O3. The molecule has 1 aliphatic carbocycles. The van der Waals surface area contributed by atoms with Crippen molar-refractivity contribution in [1.29, 1.82) is 5.26 Å². The fourth-order valence-corrected chi connectivity index (χ4v) is 3.85. The van der Waals surface area contributed by atoms with Gasteiger partial charge in [0, 0.05) is 29.0 Å². The molecular weight excluding hydrogens is 380 g/mol. The van der Waals surface area contributed by atoms with Crippen LogP contribution in [0.5, 0.6) is 5.75 Å². The zero-order valence-electron chi connectivity index (χ0n) is 16.3. The maximum atomic E-state index is 10.8. The molecule has 2 aromatic carbocycles. The minimum Gasteiger partial charge on any atom is -0.488 e. The first-order chi connectivity index (χ1) is 14.6. The molecule has 0 saturated heterocycles. The maximum Gasteiger partial charge on any atom is 0.269 e.